The third-order valence-electron chi connectivity index (χ3n) is 3.06. The van der Waals surface area contributed by atoms with Crippen LogP contribution in [-0.2, 0) is 0 Å². The van der Waals surface area contributed by atoms with Crippen molar-refractivity contribution in [3.05, 3.63) is 69.7 Å². The molecule has 0 amide bonds. The van der Waals surface area contributed by atoms with E-state index in [-0.39, 0.29) is 0 Å². The van der Waals surface area contributed by atoms with E-state index in [1.54, 1.807) is 0 Å². The molecule has 2 aromatic carbocycles. The quantitative estimate of drug-likeness (QED) is 0.875. The summed E-state index contributed by atoms with van der Waals surface area (Å²) in [5.41, 5.74) is 3.10. The number of rotatable bonds is 3. The smallest absolute Gasteiger partial charge is 0.104 e. The van der Waals surface area contributed by atoms with Crippen molar-refractivity contribution in [3.8, 4) is 0 Å². The monoisotopic (exact) mass is 304 g/mol. The largest absolute Gasteiger partial charge is 0.384 e. The average molecular weight is 305 g/mol. The lowest BCUT2D eigenvalue weighted by Crippen LogP contribution is -2.00. The first-order valence-electron chi connectivity index (χ1n) is 6.11. The Bertz CT molecular complexity index is 534. The summed E-state index contributed by atoms with van der Waals surface area (Å²) >= 11 is 3.43. The van der Waals surface area contributed by atoms with Crippen molar-refractivity contribution in [2.45, 2.75) is 25.9 Å². The average Bonchev–Trinajstić information content (AvgIpc) is 2.38. The van der Waals surface area contributed by atoms with Crippen molar-refractivity contribution in [1.82, 2.24) is 0 Å². The van der Waals surface area contributed by atoms with E-state index in [2.05, 4.69) is 41.9 Å². The van der Waals surface area contributed by atoms with Crippen LogP contribution < -0.4 is 0 Å². The van der Waals surface area contributed by atoms with Crippen molar-refractivity contribution in [2.75, 3.05) is 0 Å². The zero-order valence-corrected chi connectivity index (χ0v) is 12.2. The van der Waals surface area contributed by atoms with E-state index in [1.807, 2.05) is 36.4 Å². The van der Waals surface area contributed by atoms with Gasteiger partial charge in [-0.2, -0.15) is 0 Å². The molecule has 0 fully saturated rings. The van der Waals surface area contributed by atoms with Gasteiger partial charge in [0.2, 0.25) is 0 Å². The summed E-state index contributed by atoms with van der Waals surface area (Å²) in [6.45, 7) is 4.31. The molecule has 0 radical (unpaired) electrons. The predicted octanol–water partition coefficient (Wildman–Crippen LogP) is 4.65. The van der Waals surface area contributed by atoms with Crippen LogP contribution in [0.2, 0.25) is 0 Å². The second-order valence-electron chi connectivity index (χ2n) is 4.78. The van der Waals surface area contributed by atoms with Crippen molar-refractivity contribution in [2.24, 2.45) is 0 Å². The van der Waals surface area contributed by atoms with Crippen molar-refractivity contribution >= 4 is 15.9 Å². The van der Waals surface area contributed by atoms with Crippen molar-refractivity contribution < 1.29 is 5.11 Å². The Morgan fingerprint density at radius 1 is 0.889 bits per heavy atom. The molecule has 18 heavy (non-hydrogen) atoms. The Morgan fingerprint density at radius 2 is 1.44 bits per heavy atom. The summed E-state index contributed by atoms with van der Waals surface area (Å²) < 4.78 is 0.985. The highest BCUT2D eigenvalue weighted by molar-refractivity contribution is 9.10. The summed E-state index contributed by atoms with van der Waals surface area (Å²) in [6.07, 6.45) is -0.568. The topological polar surface area (TPSA) is 20.2 Å². The van der Waals surface area contributed by atoms with Gasteiger partial charge in [0.1, 0.15) is 6.10 Å². The Balaban J connectivity index is 2.33. The number of hydrogen-bond donors (Lipinski definition) is 1. The second kappa shape index (κ2) is 5.68. The standard InChI is InChI=1S/C16H17BrO/c1-11(2)12-5-3-6-13(9-12)16(18)14-7-4-8-15(17)10-14/h3-11,16,18H,1-2H3/t16-/m1/s1. The Hall–Kier alpha value is -1.12. The SMILES string of the molecule is CC(C)c1cccc([C@@H](O)c2cccc(Br)c2)c1. The van der Waals surface area contributed by atoms with Gasteiger partial charge in [-0.05, 0) is 34.7 Å². The van der Waals surface area contributed by atoms with Crippen LogP contribution in [0.3, 0.4) is 0 Å². The molecule has 2 heteroatoms. The van der Waals surface area contributed by atoms with Crippen LogP contribution >= 0.6 is 15.9 Å². The van der Waals surface area contributed by atoms with Crippen molar-refractivity contribution in [3.63, 3.8) is 0 Å². The Labute approximate surface area is 117 Å². The maximum Gasteiger partial charge on any atom is 0.104 e. The molecule has 1 nitrogen and oxygen atoms in total. The molecule has 0 bridgehead atoms. The van der Waals surface area contributed by atoms with Crippen LogP contribution in [0.5, 0.6) is 0 Å². The highest BCUT2D eigenvalue weighted by Gasteiger charge is 2.11. The summed E-state index contributed by atoms with van der Waals surface area (Å²) in [6, 6.07) is 15.9. The molecule has 0 saturated carbocycles. The van der Waals surface area contributed by atoms with Gasteiger partial charge in [-0.15, -0.1) is 0 Å². The first-order chi connectivity index (χ1) is 8.58. The van der Waals surface area contributed by atoms with Crippen LogP contribution in [0.25, 0.3) is 0 Å². The van der Waals surface area contributed by atoms with Crippen LogP contribution in [0, 0.1) is 0 Å². The number of aliphatic hydroxyl groups is 1. The van der Waals surface area contributed by atoms with Gasteiger partial charge >= 0.3 is 0 Å². The highest BCUT2D eigenvalue weighted by Crippen LogP contribution is 2.26. The van der Waals surface area contributed by atoms with Crippen LogP contribution in [0.4, 0.5) is 0 Å². The van der Waals surface area contributed by atoms with E-state index in [4.69, 9.17) is 0 Å². The fourth-order valence-corrected chi connectivity index (χ4v) is 2.37. The van der Waals surface area contributed by atoms with Gasteiger partial charge in [-0.3, -0.25) is 0 Å². The zero-order valence-electron chi connectivity index (χ0n) is 10.6. The molecule has 0 saturated heterocycles. The van der Waals surface area contributed by atoms with Gasteiger partial charge in [-0.1, -0.05) is 66.2 Å². The molecule has 0 aromatic heterocycles. The zero-order chi connectivity index (χ0) is 13.1. The summed E-state index contributed by atoms with van der Waals surface area (Å²) in [4.78, 5) is 0. The highest BCUT2D eigenvalue weighted by atomic mass is 79.9. The third kappa shape index (κ3) is 3.01. The van der Waals surface area contributed by atoms with Crippen LogP contribution in [-0.4, -0.2) is 5.11 Å². The molecule has 2 aromatic rings. The number of hydrogen-bond acceptors (Lipinski definition) is 1. The molecular formula is C16H17BrO. The van der Waals surface area contributed by atoms with Gasteiger partial charge in [0.25, 0.3) is 0 Å². The van der Waals surface area contributed by atoms with E-state index in [9.17, 15) is 5.11 Å². The maximum absolute atomic E-state index is 10.4. The molecule has 94 valence electrons. The first kappa shape index (κ1) is 13.3. The summed E-state index contributed by atoms with van der Waals surface area (Å²) in [7, 11) is 0. The van der Waals surface area contributed by atoms with Crippen LogP contribution in [0.1, 0.15) is 42.6 Å². The lowest BCUT2D eigenvalue weighted by molar-refractivity contribution is 0.220. The van der Waals surface area contributed by atoms with E-state index >= 15 is 0 Å². The van der Waals surface area contributed by atoms with Crippen molar-refractivity contribution in [1.29, 1.82) is 0 Å². The van der Waals surface area contributed by atoms with Gasteiger partial charge in [0.05, 0.1) is 0 Å². The normalized spacial score (nSPS) is 12.7. The fraction of sp³-hybridized carbons (Fsp3) is 0.250. The van der Waals surface area contributed by atoms with E-state index < -0.39 is 6.10 Å². The number of halogens is 1. The minimum atomic E-state index is -0.568. The Morgan fingerprint density at radius 3 is 2.06 bits per heavy atom. The minimum absolute atomic E-state index is 0.472. The summed E-state index contributed by atoms with van der Waals surface area (Å²) in [5.74, 6) is 0.472. The molecule has 0 aliphatic heterocycles. The third-order valence-corrected chi connectivity index (χ3v) is 3.55. The molecule has 1 atom stereocenters. The van der Waals surface area contributed by atoms with E-state index in [1.165, 1.54) is 5.56 Å². The summed E-state index contributed by atoms with van der Waals surface area (Å²) in [5, 5.41) is 10.4. The lowest BCUT2D eigenvalue weighted by Gasteiger charge is -2.14. The number of aliphatic hydroxyl groups excluding tert-OH is 1. The van der Waals surface area contributed by atoms with Gasteiger partial charge in [-0.25, -0.2) is 0 Å². The molecule has 0 unspecified atom stereocenters. The molecule has 0 aliphatic rings. The Kier molecular flexibility index (Phi) is 4.20. The van der Waals surface area contributed by atoms with Gasteiger partial charge in [0, 0.05) is 4.47 Å². The van der Waals surface area contributed by atoms with Gasteiger partial charge in [0.15, 0.2) is 0 Å². The maximum atomic E-state index is 10.4. The van der Waals surface area contributed by atoms with Gasteiger partial charge < -0.3 is 5.11 Å². The first-order valence-corrected chi connectivity index (χ1v) is 6.90. The lowest BCUT2D eigenvalue weighted by atomic mass is 9.96. The molecular weight excluding hydrogens is 288 g/mol. The van der Waals surface area contributed by atoms with E-state index in [0.717, 1.165) is 15.6 Å². The second-order valence-corrected chi connectivity index (χ2v) is 5.70. The fourth-order valence-electron chi connectivity index (χ4n) is 1.96. The minimum Gasteiger partial charge on any atom is -0.384 e. The molecule has 0 aliphatic carbocycles. The molecule has 0 spiro atoms. The van der Waals surface area contributed by atoms with Crippen LogP contribution in [0.15, 0.2) is 53.0 Å². The molecule has 1 N–H and O–H groups in total. The molecule has 0 heterocycles. The predicted molar refractivity (Wildman–Crippen MR) is 78.7 cm³/mol. The molecule has 2 rings (SSSR count). The van der Waals surface area contributed by atoms with E-state index in [0.29, 0.717) is 5.92 Å². The number of benzene rings is 2.